The fourth-order valence-corrected chi connectivity index (χ4v) is 2.78. The summed E-state index contributed by atoms with van der Waals surface area (Å²) in [4.78, 5) is 1.48. The number of thioether (sulfide) groups is 1. The number of hydrogen-bond donors (Lipinski definition) is 1. The van der Waals surface area contributed by atoms with Gasteiger partial charge >= 0.3 is 0 Å². The molecule has 0 radical (unpaired) electrons. The summed E-state index contributed by atoms with van der Waals surface area (Å²) < 4.78 is 0. The quantitative estimate of drug-likeness (QED) is 0.666. The fraction of sp³-hybridized carbons (Fsp3) is 0.600. The van der Waals surface area contributed by atoms with Crippen molar-refractivity contribution in [2.45, 2.75) is 25.8 Å². The third-order valence-corrected chi connectivity index (χ3v) is 3.48. The zero-order valence-electron chi connectivity index (χ0n) is 7.84. The average Bonchev–Trinajstić information content (AvgIpc) is 2.03. The van der Waals surface area contributed by atoms with Crippen LogP contribution in [0.2, 0.25) is 0 Å². The second-order valence-electron chi connectivity index (χ2n) is 3.39. The van der Waals surface area contributed by atoms with Gasteiger partial charge in [0, 0.05) is 12.0 Å². The standard InChI is InChI=1S/C10H17NS/c1-4-8-6-9(11)5-7(2)10(8)12-3/h4,8-9H,1,5-6,11H2,2-3H3/t8-,9?/m1/s1. The van der Waals surface area contributed by atoms with E-state index in [0.717, 1.165) is 12.8 Å². The lowest BCUT2D eigenvalue weighted by Gasteiger charge is -2.28. The van der Waals surface area contributed by atoms with Crippen molar-refractivity contribution in [2.75, 3.05) is 6.26 Å². The maximum atomic E-state index is 5.92. The SMILES string of the molecule is C=C[C@@H]1CC(N)CC(C)=C1SC. The summed E-state index contributed by atoms with van der Waals surface area (Å²) in [5.41, 5.74) is 7.37. The van der Waals surface area contributed by atoms with Crippen LogP contribution in [0.25, 0.3) is 0 Å². The highest BCUT2D eigenvalue weighted by Gasteiger charge is 2.22. The number of rotatable bonds is 2. The molecule has 0 saturated heterocycles. The third kappa shape index (κ3) is 1.93. The molecule has 68 valence electrons. The van der Waals surface area contributed by atoms with Gasteiger partial charge in [-0.05, 0) is 30.9 Å². The van der Waals surface area contributed by atoms with Crippen molar-refractivity contribution in [2.24, 2.45) is 11.7 Å². The smallest absolute Gasteiger partial charge is 0.00894 e. The Kier molecular flexibility index (Phi) is 3.41. The van der Waals surface area contributed by atoms with E-state index in [9.17, 15) is 0 Å². The molecule has 0 aliphatic heterocycles. The van der Waals surface area contributed by atoms with Crippen molar-refractivity contribution in [3.63, 3.8) is 0 Å². The first kappa shape index (κ1) is 9.87. The van der Waals surface area contributed by atoms with Crippen molar-refractivity contribution < 1.29 is 0 Å². The maximum absolute atomic E-state index is 5.92. The van der Waals surface area contributed by atoms with Gasteiger partial charge in [0.15, 0.2) is 0 Å². The first-order valence-electron chi connectivity index (χ1n) is 4.30. The van der Waals surface area contributed by atoms with Crippen LogP contribution in [-0.4, -0.2) is 12.3 Å². The Hall–Kier alpha value is -0.210. The highest BCUT2D eigenvalue weighted by Crippen LogP contribution is 2.36. The van der Waals surface area contributed by atoms with Crippen LogP contribution in [0.4, 0.5) is 0 Å². The van der Waals surface area contributed by atoms with E-state index >= 15 is 0 Å². The number of nitrogens with two attached hydrogens (primary N) is 1. The van der Waals surface area contributed by atoms with E-state index in [2.05, 4.69) is 19.8 Å². The van der Waals surface area contributed by atoms with Gasteiger partial charge in [-0.3, -0.25) is 0 Å². The topological polar surface area (TPSA) is 26.0 Å². The van der Waals surface area contributed by atoms with Crippen LogP contribution in [-0.2, 0) is 0 Å². The first-order valence-corrected chi connectivity index (χ1v) is 5.53. The summed E-state index contributed by atoms with van der Waals surface area (Å²) in [6.45, 7) is 6.03. The summed E-state index contributed by atoms with van der Waals surface area (Å²) in [6, 6.07) is 0.337. The summed E-state index contributed by atoms with van der Waals surface area (Å²) in [7, 11) is 0. The predicted octanol–water partition coefficient (Wildman–Crippen LogP) is 2.55. The Morgan fingerprint density at radius 2 is 2.33 bits per heavy atom. The monoisotopic (exact) mass is 183 g/mol. The lowest BCUT2D eigenvalue weighted by Crippen LogP contribution is -2.28. The van der Waals surface area contributed by atoms with Crippen molar-refractivity contribution in [3.05, 3.63) is 23.1 Å². The van der Waals surface area contributed by atoms with Crippen molar-refractivity contribution in [1.29, 1.82) is 0 Å². The number of hydrogen-bond acceptors (Lipinski definition) is 2. The highest BCUT2D eigenvalue weighted by molar-refractivity contribution is 8.02. The molecular weight excluding hydrogens is 166 g/mol. The minimum atomic E-state index is 0.337. The van der Waals surface area contributed by atoms with Gasteiger partial charge in [-0.1, -0.05) is 11.6 Å². The first-order chi connectivity index (χ1) is 5.69. The normalized spacial score (nSPS) is 30.6. The zero-order chi connectivity index (χ0) is 9.14. The highest BCUT2D eigenvalue weighted by atomic mass is 32.2. The molecule has 0 saturated carbocycles. The lowest BCUT2D eigenvalue weighted by molar-refractivity contribution is 0.520. The lowest BCUT2D eigenvalue weighted by atomic mass is 9.88. The third-order valence-electron chi connectivity index (χ3n) is 2.39. The van der Waals surface area contributed by atoms with Crippen LogP contribution in [0.3, 0.4) is 0 Å². The second-order valence-corrected chi connectivity index (χ2v) is 4.24. The van der Waals surface area contributed by atoms with E-state index in [4.69, 9.17) is 5.73 Å². The maximum Gasteiger partial charge on any atom is 0.00894 e. The molecule has 0 amide bonds. The summed E-state index contributed by atoms with van der Waals surface area (Å²) in [5, 5.41) is 0. The van der Waals surface area contributed by atoms with E-state index in [-0.39, 0.29) is 0 Å². The van der Waals surface area contributed by atoms with E-state index in [1.807, 2.05) is 17.8 Å². The summed E-state index contributed by atoms with van der Waals surface area (Å²) in [5.74, 6) is 0.503. The van der Waals surface area contributed by atoms with Crippen molar-refractivity contribution >= 4 is 11.8 Å². The molecule has 0 fully saturated rings. The van der Waals surface area contributed by atoms with Gasteiger partial charge in [0.05, 0.1) is 0 Å². The molecule has 2 atom stereocenters. The second kappa shape index (κ2) is 4.15. The van der Waals surface area contributed by atoms with Gasteiger partial charge in [-0.2, -0.15) is 0 Å². The zero-order valence-corrected chi connectivity index (χ0v) is 8.66. The minimum absolute atomic E-state index is 0.337. The van der Waals surface area contributed by atoms with E-state index in [1.54, 1.807) is 0 Å². The molecule has 0 aromatic carbocycles. The molecular formula is C10H17NS. The molecule has 12 heavy (non-hydrogen) atoms. The van der Waals surface area contributed by atoms with E-state index in [1.165, 1.54) is 10.5 Å². The van der Waals surface area contributed by atoms with Gasteiger partial charge in [-0.15, -0.1) is 18.3 Å². The average molecular weight is 183 g/mol. The van der Waals surface area contributed by atoms with Crippen LogP contribution in [0, 0.1) is 5.92 Å². The minimum Gasteiger partial charge on any atom is -0.327 e. The predicted molar refractivity (Wildman–Crippen MR) is 57.1 cm³/mol. The van der Waals surface area contributed by atoms with Gasteiger partial charge in [0.1, 0.15) is 0 Å². The largest absolute Gasteiger partial charge is 0.327 e. The molecule has 1 nitrogen and oxygen atoms in total. The van der Waals surface area contributed by atoms with Gasteiger partial charge in [-0.25, -0.2) is 0 Å². The fourth-order valence-electron chi connectivity index (χ4n) is 1.86. The number of allylic oxidation sites excluding steroid dienone is 2. The molecule has 0 aromatic heterocycles. The molecule has 0 bridgehead atoms. The van der Waals surface area contributed by atoms with Crippen LogP contribution >= 0.6 is 11.8 Å². The van der Waals surface area contributed by atoms with Crippen LogP contribution in [0.1, 0.15) is 19.8 Å². The van der Waals surface area contributed by atoms with Crippen LogP contribution < -0.4 is 5.73 Å². The Balaban J connectivity index is 2.86. The van der Waals surface area contributed by atoms with Gasteiger partial charge in [0.25, 0.3) is 0 Å². The van der Waals surface area contributed by atoms with Crippen molar-refractivity contribution in [3.8, 4) is 0 Å². The van der Waals surface area contributed by atoms with Crippen LogP contribution in [0.5, 0.6) is 0 Å². The molecule has 1 rings (SSSR count). The molecule has 0 spiro atoms. The van der Waals surface area contributed by atoms with E-state index < -0.39 is 0 Å². The molecule has 0 heterocycles. The molecule has 2 heteroatoms. The molecule has 1 aliphatic carbocycles. The van der Waals surface area contributed by atoms with Crippen LogP contribution in [0.15, 0.2) is 23.1 Å². The summed E-state index contributed by atoms with van der Waals surface area (Å²) >= 11 is 1.84. The Morgan fingerprint density at radius 1 is 1.67 bits per heavy atom. The Morgan fingerprint density at radius 3 is 2.83 bits per heavy atom. The molecule has 0 aromatic rings. The summed E-state index contributed by atoms with van der Waals surface area (Å²) in [6.07, 6.45) is 6.28. The van der Waals surface area contributed by atoms with Crippen molar-refractivity contribution in [1.82, 2.24) is 0 Å². The molecule has 1 aliphatic rings. The Labute approximate surface area is 79.1 Å². The van der Waals surface area contributed by atoms with Gasteiger partial charge < -0.3 is 5.73 Å². The molecule has 2 N–H and O–H groups in total. The Bertz CT molecular complexity index is 208. The molecule has 1 unspecified atom stereocenters. The van der Waals surface area contributed by atoms with E-state index in [0.29, 0.717) is 12.0 Å². The van der Waals surface area contributed by atoms with Gasteiger partial charge in [0.2, 0.25) is 0 Å².